The highest BCUT2D eigenvalue weighted by Gasteiger charge is 2.13. The molecule has 2 aromatic carbocycles. The van der Waals surface area contributed by atoms with Gasteiger partial charge in [-0.05, 0) is 52.7 Å². The quantitative estimate of drug-likeness (QED) is 0.704. The van der Waals surface area contributed by atoms with Crippen molar-refractivity contribution >= 4 is 11.7 Å². The summed E-state index contributed by atoms with van der Waals surface area (Å²) in [6.07, 6.45) is 1.50. The molecule has 0 unspecified atom stereocenters. The zero-order valence-electron chi connectivity index (χ0n) is 16.2. The van der Waals surface area contributed by atoms with Crippen LogP contribution in [0.4, 0.5) is 10.5 Å². The second-order valence-electron chi connectivity index (χ2n) is 6.23. The number of nitrogens with zero attached hydrogens (tertiary/aromatic N) is 5. The fraction of sp³-hybridized carbons (Fsp3) is 0.263. The minimum Gasteiger partial charge on any atom is -0.493 e. The average molecular weight is 382 g/mol. The van der Waals surface area contributed by atoms with Crippen molar-refractivity contribution in [3.63, 3.8) is 0 Å². The second-order valence-corrected chi connectivity index (χ2v) is 6.23. The first-order valence-corrected chi connectivity index (χ1v) is 8.59. The lowest BCUT2D eigenvalue weighted by molar-refractivity contribution is 0.220. The third-order valence-corrected chi connectivity index (χ3v) is 4.29. The van der Waals surface area contributed by atoms with E-state index in [1.54, 1.807) is 26.2 Å². The first-order chi connectivity index (χ1) is 13.5. The standard InChI is InChI=1S/C19H22N6O3/c1-13-5-7-15(25-12-20-22-23-25)10-16(13)21-19(26)24(2)11-14-6-8-17(27-3)18(9-14)28-4/h5-10,12H,11H2,1-4H3,(H,21,26). The molecule has 0 bridgehead atoms. The topological polar surface area (TPSA) is 94.4 Å². The average Bonchev–Trinajstić information content (AvgIpc) is 3.24. The van der Waals surface area contributed by atoms with Crippen LogP contribution in [0.25, 0.3) is 5.69 Å². The van der Waals surface area contributed by atoms with Crippen molar-refractivity contribution in [3.8, 4) is 17.2 Å². The third-order valence-electron chi connectivity index (χ3n) is 4.29. The van der Waals surface area contributed by atoms with Gasteiger partial charge in [0.15, 0.2) is 11.5 Å². The fourth-order valence-corrected chi connectivity index (χ4v) is 2.70. The summed E-state index contributed by atoms with van der Waals surface area (Å²) in [4.78, 5) is 14.2. The van der Waals surface area contributed by atoms with Crippen LogP contribution >= 0.6 is 0 Å². The number of carbonyl (C=O) groups is 1. The summed E-state index contributed by atoms with van der Waals surface area (Å²) < 4.78 is 12.1. The zero-order valence-corrected chi connectivity index (χ0v) is 16.2. The van der Waals surface area contributed by atoms with E-state index < -0.39 is 0 Å². The van der Waals surface area contributed by atoms with Crippen molar-refractivity contribution in [3.05, 3.63) is 53.9 Å². The van der Waals surface area contributed by atoms with Gasteiger partial charge in [-0.2, -0.15) is 0 Å². The number of carbonyl (C=O) groups excluding carboxylic acids is 1. The molecule has 0 aliphatic rings. The monoisotopic (exact) mass is 382 g/mol. The van der Waals surface area contributed by atoms with Crippen LogP contribution in [0.1, 0.15) is 11.1 Å². The number of aryl methyl sites for hydroxylation is 1. The largest absolute Gasteiger partial charge is 0.493 e. The molecule has 146 valence electrons. The van der Waals surface area contributed by atoms with E-state index in [1.807, 2.05) is 43.3 Å². The van der Waals surface area contributed by atoms with E-state index in [4.69, 9.17) is 9.47 Å². The van der Waals surface area contributed by atoms with Gasteiger partial charge in [-0.3, -0.25) is 0 Å². The molecule has 1 heterocycles. The molecule has 1 N–H and O–H groups in total. The molecule has 3 aromatic rings. The van der Waals surface area contributed by atoms with E-state index in [2.05, 4.69) is 20.8 Å². The maximum Gasteiger partial charge on any atom is 0.321 e. The Kier molecular flexibility index (Phi) is 5.73. The van der Waals surface area contributed by atoms with Crippen LogP contribution in [0.5, 0.6) is 11.5 Å². The van der Waals surface area contributed by atoms with E-state index in [0.717, 1.165) is 16.8 Å². The van der Waals surface area contributed by atoms with Gasteiger partial charge in [0.05, 0.1) is 19.9 Å². The summed E-state index contributed by atoms with van der Waals surface area (Å²) in [5.41, 5.74) is 3.31. The SMILES string of the molecule is COc1ccc(CN(C)C(=O)Nc2cc(-n3cnnn3)ccc2C)cc1OC. The maximum absolute atomic E-state index is 12.7. The molecule has 0 saturated carbocycles. The van der Waals surface area contributed by atoms with Gasteiger partial charge in [0, 0.05) is 19.3 Å². The predicted molar refractivity (Wildman–Crippen MR) is 104 cm³/mol. The molecule has 0 saturated heterocycles. The molecular formula is C19H22N6O3. The van der Waals surface area contributed by atoms with Gasteiger partial charge in [0.25, 0.3) is 0 Å². The van der Waals surface area contributed by atoms with Crippen LogP contribution in [0, 0.1) is 6.92 Å². The fourth-order valence-electron chi connectivity index (χ4n) is 2.70. The van der Waals surface area contributed by atoms with Crippen molar-refractivity contribution in [2.45, 2.75) is 13.5 Å². The molecule has 28 heavy (non-hydrogen) atoms. The lowest BCUT2D eigenvalue weighted by atomic mass is 10.1. The predicted octanol–water partition coefficient (Wildman–Crippen LogP) is 2.65. The van der Waals surface area contributed by atoms with Gasteiger partial charge >= 0.3 is 6.03 Å². The van der Waals surface area contributed by atoms with Crippen LogP contribution in [0.15, 0.2) is 42.7 Å². The number of hydrogen-bond acceptors (Lipinski definition) is 6. The third kappa shape index (κ3) is 4.20. The zero-order chi connectivity index (χ0) is 20.1. The number of anilines is 1. The van der Waals surface area contributed by atoms with E-state index in [0.29, 0.717) is 23.7 Å². The van der Waals surface area contributed by atoms with Gasteiger partial charge in [-0.25, -0.2) is 9.48 Å². The first-order valence-electron chi connectivity index (χ1n) is 8.59. The summed E-state index contributed by atoms with van der Waals surface area (Å²) >= 11 is 0. The Morgan fingerprint density at radius 3 is 2.61 bits per heavy atom. The normalized spacial score (nSPS) is 10.4. The Balaban J connectivity index is 1.72. The number of tetrazole rings is 1. The first kappa shape index (κ1) is 19.2. The molecule has 9 nitrogen and oxygen atoms in total. The van der Waals surface area contributed by atoms with Gasteiger partial charge < -0.3 is 19.7 Å². The van der Waals surface area contributed by atoms with Crippen molar-refractivity contribution in [1.29, 1.82) is 0 Å². The van der Waals surface area contributed by atoms with E-state index >= 15 is 0 Å². The summed E-state index contributed by atoms with van der Waals surface area (Å²) in [5, 5.41) is 14.1. The smallest absolute Gasteiger partial charge is 0.321 e. The second kappa shape index (κ2) is 8.38. The van der Waals surface area contributed by atoms with Gasteiger partial charge in [-0.1, -0.05) is 12.1 Å². The van der Waals surface area contributed by atoms with Gasteiger partial charge in [0.2, 0.25) is 0 Å². The number of ether oxygens (including phenoxy) is 2. The maximum atomic E-state index is 12.7. The lowest BCUT2D eigenvalue weighted by Crippen LogP contribution is -2.31. The Morgan fingerprint density at radius 1 is 1.14 bits per heavy atom. The number of methoxy groups -OCH3 is 2. The lowest BCUT2D eigenvalue weighted by Gasteiger charge is -2.20. The van der Waals surface area contributed by atoms with Gasteiger partial charge in [-0.15, -0.1) is 5.10 Å². The number of amides is 2. The minimum atomic E-state index is -0.230. The van der Waals surface area contributed by atoms with E-state index in [-0.39, 0.29) is 6.03 Å². The number of nitrogens with one attached hydrogen (secondary N) is 1. The summed E-state index contributed by atoms with van der Waals surface area (Å²) in [5.74, 6) is 1.27. The molecule has 0 fully saturated rings. The highest BCUT2D eigenvalue weighted by atomic mass is 16.5. The summed E-state index contributed by atoms with van der Waals surface area (Å²) in [7, 11) is 4.90. The summed E-state index contributed by atoms with van der Waals surface area (Å²) in [6, 6.07) is 11.0. The van der Waals surface area contributed by atoms with Crippen molar-refractivity contribution in [2.75, 3.05) is 26.6 Å². The molecule has 2 amide bonds. The molecular weight excluding hydrogens is 360 g/mol. The molecule has 0 aliphatic carbocycles. The van der Waals surface area contributed by atoms with Crippen molar-refractivity contribution in [1.82, 2.24) is 25.1 Å². The molecule has 0 spiro atoms. The Bertz CT molecular complexity index is 958. The van der Waals surface area contributed by atoms with Crippen LogP contribution < -0.4 is 14.8 Å². The molecule has 0 radical (unpaired) electrons. The summed E-state index contributed by atoms with van der Waals surface area (Å²) in [6.45, 7) is 2.34. The molecule has 0 aliphatic heterocycles. The minimum absolute atomic E-state index is 0.230. The molecule has 0 atom stereocenters. The van der Waals surface area contributed by atoms with Crippen molar-refractivity contribution < 1.29 is 14.3 Å². The van der Waals surface area contributed by atoms with Crippen LogP contribution in [-0.4, -0.2) is 52.4 Å². The van der Waals surface area contributed by atoms with Crippen LogP contribution in [0.2, 0.25) is 0 Å². The highest BCUT2D eigenvalue weighted by Crippen LogP contribution is 2.28. The Hall–Kier alpha value is -3.62. The van der Waals surface area contributed by atoms with Crippen LogP contribution in [-0.2, 0) is 6.54 Å². The Morgan fingerprint density at radius 2 is 1.93 bits per heavy atom. The number of hydrogen-bond donors (Lipinski definition) is 1. The highest BCUT2D eigenvalue weighted by molar-refractivity contribution is 5.90. The Labute approximate surface area is 162 Å². The van der Waals surface area contributed by atoms with Gasteiger partial charge in [0.1, 0.15) is 6.33 Å². The van der Waals surface area contributed by atoms with E-state index in [9.17, 15) is 4.79 Å². The number of benzene rings is 2. The molecule has 9 heteroatoms. The molecule has 1 aromatic heterocycles. The van der Waals surface area contributed by atoms with Crippen molar-refractivity contribution in [2.24, 2.45) is 0 Å². The van der Waals surface area contributed by atoms with Crippen LogP contribution in [0.3, 0.4) is 0 Å². The number of rotatable bonds is 6. The number of urea groups is 1. The molecule has 3 rings (SSSR count). The van der Waals surface area contributed by atoms with E-state index in [1.165, 1.54) is 11.0 Å². The number of aromatic nitrogens is 4.